The van der Waals surface area contributed by atoms with Crippen molar-refractivity contribution in [2.75, 3.05) is 5.73 Å². The van der Waals surface area contributed by atoms with Gasteiger partial charge in [0.25, 0.3) is 0 Å². The van der Waals surface area contributed by atoms with Crippen LogP contribution in [0.1, 0.15) is 27.0 Å². The van der Waals surface area contributed by atoms with E-state index in [1.807, 2.05) is 19.9 Å². The predicted molar refractivity (Wildman–Crippen MR) is 77.9 cm³/mol. The van der Waals surface area contributed by atoms with E-state index in [0.717, 1.165) is 11.1 Å². The van der Waals surface area contributed by atoms with E-state index in [1.165, 1.54) is 18.2 Å². The number of rotatable bonds is 2. The van der Waals surface area contributed by atoms with Gasteiger partial charge in [0.15, 0.2) is 5.78 Å². The third-order valence-corrected chi connectivity index (χ3v) is 3.65. The van der Waals surface area contributed by atoms with Gasteiger partial charge in [-0.05, 0) is 65.2 Å². The van der Waals surface area contributed by atoms with Crippen LogP contribution in [0, 0.1) is 19.7 Å². The lowest BCUT2D eigenvalue weighted by Gasteiger charge is -2.09. The molecule has 2 aromatic rings. The number of carbonyl (C=O) groups is 1. The number of ketones is 1. The first kappa shape index (κ1) is 13.7. The minimum atomic E-state index is -0.392. The second-order valence-corrected chi connectivity index (χ2v) is 5.34. The number of hydrogen-bond acceptors (Lipinski definition) is 2. The Hall–Kier alpha value is -1.68. The second-order valence-electron chi connectivity index (χ2n) is 4.48. The molecule has 0 saturated carbocycles. The molecule has 19 heavy (non-hydrogen) atoms. The van der Waals surface area contributed by atoms with Crippen molar-refractivity contribution in [2.45, 2.75) is 13.8 Å². The SMILES string of the molecule is Cc1cc(C)c(C(=O)c2ccc(F)c(Br)c2)cc1N. The van der Waals surface area contributed by atoms with Gasteiger partial charge >= 0.3 is 0 Å². The molecule has 0 saturated heterocycles. The van der Waals surface area contributed by atoms with Crippen LogP contribution in [0.15, 0.2) is 34.8 Å². The number of carbonyl (C=O) groups excluding carboxylic acids is 1. The molecular formula is C15H13BrFNO. The van der Waals surface area contributed by atoms with Gasteiger partial charge < -0.3 is 5.73 Å². The van der Waals surface area contributed by atoms with Crippen LogP contribution in [-0.4, -0.2) is 5.78 Å². The van der Waals surface area contributed by atoms with Crippen molar-refractivity contribution in [2.24, 2.45) is 0 Å². The topological polar surface area (TPSA) is 43.1 Å². The van der Waals surface area contributed by atoms with Crippen molar-refractivity contribution in [1.82, 2.24) is 0 Å². The molecule has 0 aliphatic rings. The van der Waals surface area contributed by atoms with Crippen LogP contribution < -0.4 is 5.73 Å². The summed E-state index contributed by atoms with van der Waals surface area (Å²) in [5, 5.41) is 0. The summed E-state index contributed by atoms with van der Waals surface area (Å²) in [5.41, 5.74) is 9.19. The van der Waals surface area contributed by atoms with Crippen molar-refractivity contribution in [3.63, 3.8) is 0 Å². The van der Waals surface area contributed by atoms with Crippen molar-refractivity contribution in [1.29, 1.82) is 0 Å². The zero-order valence-corrected chi connectivity index (χ0v) is 12.2. The monoisotopic (exact) mass is 321 g/mol. The van der Waals surface area contributed by atoms with Gasteiger partial charge in [0.2, 0.25) is 0 Å². The van der Waals surface area contributed by atoms with Gasteiger partial charge in [-0.25, -0.2) is 4.39 Å². The number of nitrogen functional groups attached to an aromatic ring is 1. The maximum atomic E-state index is 13.2. The van der Waals surface area contributed by atoms with Crippen LogP contribution >= 0.6 is 15.9 Å². The standard InChI is InChI=1S/C15H13BrFNO/c1-8-5-9(2)14(18)7-11(8)15(19)10-3-4-13(17)12(16)6-10/h3-7H,18H2,1-2H3. The third-order valence-electron chi connectivity index (χ3n) is 3.04. The summed E-state index contributed by atoms with van der Waals surface area (Å²) >= 11 is 3.08. The van der Waals surface area contributed by atoms with Crippen LogP contribution in [0.2, 0.25) is 0 Å². The zero-order valence-electron chi connectivity index (χ0n) is 10.6. The molecule has 2 nitrogen and oxygen atoms in total. The largest absolute Gasteiger partial charge is 0.398 e. The molecule has 0 aliphatic heterocycles. The van der Waals surface area contributed by atoms with Gasteiger partial charge in [0.05, 0.1) is 4.47 Å². The molecule has 2 N–H and O–H groups in total. The molecule has 98 valence electrons. The molecule has 0 spiro atoms. The number of hydrogen-bond donors (Lipinski definition) is 1. The Morgan fingerprint density at radius 2 is 1.84 bits per heavy atom. The van der Waals surface area contributed by atoms with E-state index in [-0.39, 0.29) is 10.3 Å². The van der Waals surface area contributed by atoms with Crippen LogP contribution in [0.5, 0.6) is 0 Å². The number of nitrogens with two attached hydrogens (primary N) is 1. The average molecular weight is 322 g/mol. The Kier molecular flexibility index (Phi) is 3.71. The van der Waals surface area contributed by atoms with Gasteiger partial charge in [0, 0.05) is 16.8 Å². The van der Waals surface area contributed by atoms with E-state index in [0.29, 0.717) is 16.8 Å². The first-order valence-electron chi connectivity index (χ1n) is 5.76. The fraction of sp³-hybridized carbons (Fsp3) is 0.133. The van der Waals surface area contributed by atoms with E-state index in [2.05, 4.69) is 15.9 Å². The van der Waals surface area contributed by atoms with Crippen LogP contribution in [-0.2, 0) is 0 Å². The molecule has 0 fully saturated rings. The van der Waals surface area contributed by atoms with Crippen molar-refractivity contribution in [3.05, 3.63) is 62.9 Å². The number of benzene rings is 2. The second kappa shape index (κ2) is 5.13. The average Bonchev–Trinajstić information content (AvgIpc) is 2.36. The molecule has 0 aromatic heterocycles. The first-order valence-corrected chi connectivity index (χ1v) is 6.56. The Morgan fingerprint density at radius 3 is 2.47 bits per heavy atom. The molecule has 0 bridgehead atoms. The number of halogens is 2. The summed E-state index contributed by atoms with van der Waals surface area (Å²) < 4.78 is 13.5. The lowest BCUT2D eigenvalue weighted by molar-refractivity contribution is 0.103. The molecule has 0 amide bonds. The lowest BCUT2D eigenvalue weighted by atomic mass is 9.96. The van der Waals surface area contributed by atoms with E-state index in [1.54, 1.807) is 6.07 Å². The van der Waals surface area contributed by atoms with Gasteiger partial charge in [-0.3, -0.25) is 4.79 Å². The highest BCUT2D eigenvalue weighted by Crippen LogP contribution is 2.23. The maximum Gasteiger partial charge on any atom is 0.193 e. The third kappa shape index (κ3) is 2.68. The van der Waals surface area contributed by atoms with E-state index < -0.39 is 5.82 Å². The van der Waals surface area contributed by atoms with E-state index in [4.69, 9.17) is 5.73 Å². The van der Waals surface area contributed by atoms with Gasteiger partial charge in [-0.1, -0.05) is 6.07 Å². The fourth-order valence-corrected chi connectivity index (χ4v) is 2.29. The summed E-state index contributed by atoms with van der Waals surface area (Å²) in [7, 11) is 0. The predicted octanol–water partition coefficient (Wildman–Crippen LogP) is 4.02. The summed E-state index contributed by atoms with van der Waals surface area (Å²) in [6, 6.07) is 7.76. The van der Waals surface area contributed by atoms with E-state index >= 15 is 0 Å². The highest BCUT2D eigenvalue weighted by Gasteiger charge is 2.14. The molecule has 0 heterocycles. The highest BCUT2D eigenvalue weighted by atomic mass is 79.9. The Bertz CT molecular complexity index is 667. The Morgan fingerprint density at radius 1 is 1.16 bits per heavy atom. The van der Waals surface area contributed by atoms with Gasteiger partial charge in [-0.2, -0.15) is 0 Å². The van der Waals surface area contributed by atoms with E-state index in [9.17, 15) is 9.18 Å². The molecule has 0 aliphatic carbocycles. The summed E-state index contributed by atoms with van der Waals surface area (Å²) in [5.74, 6) is -0.554. The quantitative estimate of drug-likeness (QED) is 0.670. The lowest BCUT2D eigenvalue weighted by Crippen LogP contribution is -2.06. The highest BCUT2D eigenvalue weighted by molar-refractivity contribution is 9.10. The smallest absolute Gasteiger partial charge is 0.193 e. The summed E-state index contributed by atoms with van der Waals surface area (Å²) in [6.45, 7) is 3.75. The number of aryl methyl sites for hydroxylation is 2. The molecular weight excluding hydrogens is 309 g/mol. The summed E-state index contributed by atoms with van der Waals surface area (Å²) in [4.78, 5) is 12.4. The van der Waals surface area contributed by atoms with Crippen LogP contribution in [0.4, 0.5) is 10.1 Å². The Balaban J connectivity index is 2.49. The molecule has 2 rings (SSSR count). The Labute approximate surface area is 119 Å². The first-order chi connectivity index (χ1) is 8.90. The van der Waals surface area contributed by atoms with Crippen molar-refractivity contribution in [3.8, 4) is 0 Å². The molecule has 0 unspecified atom stereocenters. The van der Waals surface area contributed by atoms with Crippen LogP contribution in [0.25, 0.3) is 0 Å². The molecule has 2 aromatic carbocycles. The fourth-order valence-electron chi connectivity index (χ4n) is 1.91. The minimum absolute atomic E-state index is 0.162. The summed E-state index contributed by atoms with van der Waals surface area (Å²) in [6.07, 6.45) is 0. The number of anilines is 1. The van der Waals surface area contributed by atoms with Crippen molar-refractivity contribution < 1.29 is 9.18 Å². The maximum absolute atomic E-state index is 13.2. The molecule has 0 radical (unpaired) electrons. The molecule has 0 atom stereocenters. The van der Waals surface area contributed by atoms with Crippen LogP contribution in [0.3, 0.4) is 0 Å². The minimum Gasteiger partial charge on any atom is -0.398 e. The van der Waals surface area contributed by atoms with Gasteiger partial charge in [0.1, 0.15) is 5.82 Å². The normalized spacial score (nSPS) is 10.5. The molecule has 4 heteroatoms. The van der Waals surface area contributed by atoms with Crippen molar-refractivity contribution >= 4 is 27.4 Å². The zero-order chi connectivity index (χ0) is 14.2. The van der Waals surface area contributed by atoms with Gasteiger partial charge in [-0.15, -0.1) is 0 Å².